The Bertz CT molecular complexity index is 360. The Morgan fingerprint density at radius 3 is 2.47 bits per heavy atom. The van der Waals surface area contributed by atoms with Gasteiger partial charge in [0.05, 0.1) is 17.2 Å². The SMILES string of the molecule is CC[C@H](O)[C@H](N)c1c(F)ccc(F)c1Cl. The Kier molecular flexibility index (Phi) is 4.02. The fraction of sp³-hybridized carbons (Fsp3) is 0.400. The van der Waals surface area contributed by atoms with Crippen molar-refractivity contribution >= 4 is 11.6 Å². The van der Waals surface area contributed by atoms with Crippen LogP contribution >= 0.6 is 11.6 Å². The summed E-state index contributed by atoms with van der Waals surface area (Å²) >= 11 is 5.59. The van der Waals surface area contributed by atoms with Crippen molar-refractivity contribution in [3.63, 3.8) is 0 Å². The van der Waals surface area contributed by atoms with Crippen molar-refractivity contribution in [3.8, 4) is 0 Å². The summed E-state index contributed by atoms with van der Waals surface area (Å²) in [7, 11) is 0. The topological polar surface area (TPSA) is 46.2 Å². The van der Waals surface area contributed by atoms with Crippen LogP contribution in [0.15, 0.2) is 12.1 Å². The Labute approximate surface area is 91.7 Å². The molecule has 84 valence electrons. The molecule has 1 rings (SSSR count). The Hall–Kier alpha value is -0.710. The standard InChI is InChI=1S/C10H12ClF2NO/c1-2-7(15)10(14)8-5(12)3-4-6(13)9(8)11/h3-4,7,10,15H,2,14H2,1H3/t7-,10-/m0/s1. The highest BCUT2D eigenvalue weighted by molar-refractivity contribution is 6.31. The fourth-order valence-corrected chi connectivity index (χ4v) is 1.57. The molecule has 0 aliphatic carbocycles. The summed E-state index contributed by atoms with van der Waals surface area (Å²) < 4.78 is 26.4. The lowest BCUT2D eigenvalue weighted by Gasteiger charge is -2.19. The number of aliphatic hydroxyl groups is 1. The van der Waals surface area contributed by atoms with E-state index < -0.39 is 23.8 Å². The first-order chi connectivity index (χ1) is 6.99. The molecule has 1 aromatic carbocycles. The van der Waals surface area contributed by atoms with E-state index in [1.165, 1.54) is 0 Å². The molecule has 2 atom stereocenters. The van der Waals surface area contributed by atoms with Gasteiger partial charge in [-0.05, 0) is 18.6 Å². The van der Waals surface area contributed by atoms with Gasteiger partial charge in [0.25, 0.3) is 0 Å². The molecule has 0 bridgehead atoms. The number of benzene rings is 1. The van der Waals surface area contributed by atoms with E-state index in [2.05, 4.69) is 0 Å². The minimum Gasteiger partial charge on any atom is -0.391 e. The number of aliphatic hydroxyl groups excluding tert-OH is 1. The van der Waals surface area contributed by atoms with Crippen molar-refractivity contribution in [1.29, 1.82) is 0 Å². The Morgan fingerprint density at radius 1 is 1.40 bits per heavy atom. The number of hydrogen-bond donors (Lipinski definition) is 2. The van der Waals surface area contributed by atoms with Gasteiger partial charge in [0.2, 0.25) is 0 Å². The van der Waals surface area contributed by atoms with E-state index in [1.54, 1.807) is 6.92 Å². The van der Waals surface area contributed by atoms with E-state index in [1.807, 2.05) is 0 Å². The van der Waals surface area contributed by atoms with E-state index >= 15 is 0 Å². The van der Waals surface area contributed by atoms with Crippen molar-refractivity contribution in [2.45, 2.75) is 25.5 Å². The van der Waals surface area contributed by atoms with Gasteiger partial charge in [0.15, 0.2) is 0 Å². The van der Waals surface area contributed by atoms with E-state index in [9.17, 15) is 13.9 Å². The zero-order valence-electron chi connectivity index (χ0n) is 8.17. The van der Waals surface area contributed by atoms with Crippen molar-refractivity contribution in [2.75, 3.05) is 0 Å². The zero-order valence-corrected chi connectivity index (χ0v) is 8.93. The molecule has 0 aliphatic rings. The predicted octanol–water partition coefficient (Wildman–Crippen LogP) is 2.39. The van der Waals surface area contributed by atoms with Crippen LogP contribution in [0.5, 0.6) is 0 Å². The lowest BCUT2D eigenvalue weighted by molar-refractivity contribution is 0.139. The lowest BCUT2D eigenvalue weighted by Crippen LogP contribution is -2.27. The van der Waals surface area contributed by atoms with E-state index in [0.29, 0.717) is 6.42 Å². The van der Waals surface area contributed by atoms with Gasteiger partial charge in [-0.15, -0.1) is 0 Å². The van der Waals surface area contributed by atoms with Crippen LogP contribution in [0.25, 0.3) is 0 Å². The summed E-state index contributed by atoms with van der Waals surface area (Å²) in [4.78, 5) is 0. The Balaban J connectivity index is 3.18. The molecule has 2 nitrogen and oxygen atoms in total. The molecule has 1 aromatic rings. The van der Waals surface area contributed by atoms with Crippen LogP contribution in [0.3, 0.4) is 0 Å². The predicted molar refractivity (Wildman–Crippen MR) is 54.6 cm³/mol. The van der Waals surface area contributed by atoms with Gasteiger partial charge >= 0.3 is 0 Å². The molecule has 0 radical (unpaired) electrons. The van der Waals surface area contributed by atoms with Crippen LogP contribution < -0.4 is 5.73 Å². The minimum atomic E-state index is -1.02. The molecular weight excluding hydrogens is 224 g/mol. The molecule has 0 heterocycles. The van der Waals surface area contributed by atoms with E-state index in [-0.39, 0.29) is 10.6 Å². The number of rotatable bonds is 3. The van der Waals surface area contributed by atoms with Crippen LogP contribution in [0, 0.1) is 11.6 Å². The van der Waals surface area contributed by atoms with Crippen molar-refractivity contribution in [3.05, 3.63) is 34.4 Å². The van der Waals surface area contributed by atoms with Crippen LogP contribution in [-0.4, -0.2) is 11.2 Å². The summed E-state index contributed by atoms with van der Waals surface area (Å²) in [6.07, 6.45) is -0.605. The number of nitrogens with two attached hydrogens (primary N) is 1. The summed E-state index contributed by atoms with van der Waals surface area (Å²) in [6.45, 7) is 1.69. The molecule has 0 aromatic heterocycles. The summed E-state index contributed by atoms with van der Waals surface area (Å²) in [5, 5.41) is 9.08. The summed E-state index contributed by atoms with van der Waals surface area (Å²) in [6, 6.07) is 0.851. The lowest BCUT2D eigenvalue weighted by atomic mass is 10.00. The van der Waals surface area contributed by atoms with Gasteiger partial charge in [0.1, 0.15) is 11.6 Å². The second-order valence-electron chi connectivity index (χ2n) is 3.26. The fourth-order valence-electron chi connectivity index (χ4n) is 1.29. The largest absolute Gasteiger partial charge is 0.391 e. The molecule has 5 heteroatoms. The maximum absolute atomic E-state index is 13.3. The molecule has 0 unspecified atom stereocenters. The third kappa shape index (κ3) is 2.45. The highest BCUT2D eigenvalue weighted by atomic mass is 35.5. The summed E-state index contributed by atoms with van der Waals surface area (Å²) in [5.41, 5.74) is 5.40. The number of hydrogen-bond acceptors (Lipinski definition) is 2. The minimum absolute atomic E-state index is 0.175. The molecule has 15 heavy (non-hydrogen) atoms. The second kappa shape index (κ2) is 4.88. The van der Waals surface area contributed by atoms with Gasteiger partial charge in [-0.1, -0.05) is 18.5 Å². The zero-order chi connectivity index (χ0) is 11.6. The van der Waals surface area contributed by atoms with Crippen molar-refractivity contribution in [2.24, 2.45) is 5.73 Å². The first-order valence-corrected chi connectivity index (χ1v) is 4.93. The molecule has 0 fully saturated rings. The molecule has 0 saturated heterocycles. The maximum Gasteiger partial charge on any atom is 0.142 e. The van der Waals surface area contributed by atoms with Gasteiger partial charge in [-0.3, -0.25) is 0 Å². The third-order valence-electron chi connectivity index (χ3n) is 2.25. The van der Waals surface area contributed by atoms with Crippen LogP contribution in [0.1, 0.15) is 24.9 Å². The van der Waals surface area contributed by atoms with Crippen LogP contribution in [0.2, 0.25) is 5.02 Å². The Morgan fingerprint density at radius 2 is 1.93 bits per heavy atom. The highest BCUT2D eigenvalue weighted by Gasteiger charge is 2.23. The van der Waals surface area contributed by atoms with E-state index in [0.717, 1.165) is 12.1 Å². The van der Waals surface area contributed by atoms with Gasteiger partial charge in [-0.2, -0.15) is 0 Å². The molecule has 0 aliphatic heterocycles. The van der Waals surface area contributed by atoms with Crippen molar-refractivity contribution < 1.29 is 13.9 Å². The molecule has 3 N–H and O–H groups in total. The van der Waals surface area contributed by atoms with Gasteiger partial charge in [0, 0.05) is 5.56 Å². The molecule has 0 saturated carbocycles. The second-order valence-corrected chi connectivity index (χ2v) is 3.64. The first kappa shape index (κ1) is 12.4. The average molecular weight is 236 g/mol. The normalized spacial score (nSPS) is 15.1. The maximum atomic E-state index is 13.3. The highest BCUT2D eigenvalue weighted by Crippen LogP contribution is 2.29. The molecule has 0 spiro atoms. The quantitative estimate of drug-likeness (QED) is 0.791. The third-order valence-corrected chi connectivity index (χ3v) is 2.63. The smallest absolute Gasteiger partial charge is 0.142 e. The van der Waals surface area contributed by atoms with Gasteiger partial charge < -0.3 is 10.8 Å². The average Bonchev–Trinajstić information content (AvgIpc) is 2.22. The van der Waals surface area contributed by atoms with Gasteiger partial charge in [-0.25, -0.2) is 8.78 Å². The molecular formula is C10H12ClF2NO. The van der Waals surface area contributed by atoms with Crippen molar-refractivity contribution in [1.82, 2.24) is 0 Å². The number of halogens is 3. The van der Waals surface area contributed by atoms with Crippen LogP contribution in [-0.2, 0) is 0 Å². The first-order valence-electron chi connectivity index (χ1n) is 4.56. The van der Waals surface area contributed by atoms with Crippen LogP contribution in [0.4, 0.5) is 8.78 Å². The summed E-state index contributed by atoms with van der Waals surface area (Å²) in [5.74, 6) is -1.45. The molecule has 0 amide bonds. The monoisotopic (exact) mass is 235 g/mol. The van der Waals surface area contributed by atoms with E-state index in [4.69, 9.17) is 17.3 Å².